The molecule has 1 rings (SSSR count). The Kier molecular flexibility index (Phi) is 3.53. The molecule has 0 aliphatic carbocycles. The maximum atomic E-state index is 10.4. The molecule has 0 aliphatic heterocycles. The summed E-state index contributed by atoms with van der Waals surface area (Å²) in [4.78, 5) is 10.4. The van der Waals surface area contributed by atoms with Gasteiger partial charge in [-0.1, -0.05) is 42.0 Å². The molecule has 1 aromatic rings. The molecule has 0 unspecified atom stereocenters. The Hall–Kier alpha value is -1.28. The summed E-state index contributed by atoms with van der Waals surface area (Å²) >= 11 is 5.87. The van der Waals surface area contributed by atoms with E-state index in [0.29, 0.717) is 5.02 Å². The highest BCUT2D eigenvalue weighted by Gasteiger charge is 1.93. The molecule has 0 heterocycles. The summed E-state index contributed by atoms with van der Waals surface area (Å²) in [5.74, 6) is -0.344. The van der Waals surface area contributed by atoms with Crippen LogP contribution in [0.1, 0.15) is 12.0 Å². The number of primary amides is 1. The van der Waals surface area contributed by atoms with Gasteiger partial charge in [0.15, 0.2) is 0 Å². The van der Waals surface area contributed by atoms with E-state index in [0.717, 1.165) is 5.56 Å². The van der Waals surface area contributed by atoms with Crippen LogP contribution < -0.4 is 5.73 Å². The molecular formula is C10H10ClNO. The molecule has 0 saturated carbocycles. The van der Waals surface area contributed by atoms with Gasteiger partial charge < -0.3 is 5.73 Å². The Morgan fingerprint density at radius 2 is 2.15 bits per heavy atom. The van der Waals surface area contributed by atoms with Crippen LogP contribution in [0.5, 0.6) is 0 Å². The third kappa shape index (κ3) is 3.30. The highest BCUT2D eigenvalue weighted by Crippen LogP contribution is 2.16. The highest BCUT2D eigenvalue weighted by molar-refractivity contribution is 6.32. The van der Waals surface area contributed by atoms with Crippen LogP contribution in [-0.4, -0.2) is 5.91 Å². The maximum absolute atomic E-state index is 10.4. The molecule has 13 heavy (non-hydrogen) atoms. The summed E-state index contributed by atoms with van der Waals surface area (Å²) in [6, 6.07) is 7.41. The lowest BCUT2D eigenvalue weighted by molar-refractivity contribution is -0.117. The summed E-state index contributed by atoms with van der Waals surface area (Å²) in [5.41, 5.74) is 5.87. The van der Waals surface area contributed by atoms with Crippen molar-refractivity contribution in [3.05, 3.63) is 40.9 Å². The largest absolute Gasteiger partial charge is 0.369 e. The van der Waals surface area contributed by atoms with Crippen LogP contribution in [0.15, 0.2) is 30.3 Å². The van der Waals surface area contributed by atoms with Gasteiger partial charge in [0.25, 0.3) is 0 Å². The molecular weight excluding hydrogens is 186 g/mol. The summed E-state index contributed by atoms with van der Waals surface area (Å²) in [5, 5.41) is 0.670. The van der Waals surface area contributed by atoms with E-state index in [1.54, 1.807) is 18.2 Å². The van der Waals surface area contributed by atoms with Crippen molar-refractivity contribution in [3.8, 4) is 0 Å². The van der Waals surface area contributed by atoms with Crippen molar-refractivity contribution in [2.24, 2.45) is 5.73 Å². The molecule has 0 radical (unpaired) electrons. The summed E-state index contributed by atoms with van der Waals surface area (Å²) in [6.07, 6.45) is 3.72. The molecule has 0 atom stereocenters. The summed E-state index contributed by atoms with van der Waals surface area (Å²) < 4.78 is 0. The molecule has 0 aliphatic rings. The van der Waals surface area contributed by atoms with Crippen molar-refractivity contribution < 1.29 is 4.79 Å². The number of carbonyl (C=O) groups excluding carboxylic acids is 1. The molecule has 2 nitrogen and oxygen atoms in total. The molecule has 0 fully saturated rings. The van der Waals surface area contributed by atoms with E-state index < -0.39 is 0 Å². The monoisotopic (exact) mass is 195 g/mol. The second kappa shape index (κ2) is 4.67. The average molecular weight is 196 g/mol. The normalized spacial score (nSPS) is 10.5. The van der Waals surface area contributed by atoms with Crippen molar-refractivity contribution in [3.63, 3.8) is 0 Å². The number of amides is 1. The minimum absolute atomic E-state index is 0.241. The third-order valence-corrected chi connectivity index (χ3v) is 1.87. The zero-order valence-electron chi connectivity index (χ0n) is 7.03. The number of carbonyl (C=O) groups is 1. The molecule has 2 N–H and O–H groups in total. The van der Waals surface area contributed by atoms with Gasteiger partial charge in [-0.25, -0.2) is 0 Å². The van der Waals surface area contributed by atoms with E-state index >= 15 is 0 Å². The number of rotatable bonds is 3. The quantitative estimate of drug-likeness (QED) is 0.790. The van der Waals surface area contributed by atoms with Crippen LogP contribution in [0, 0.1) is 0 Å². The lowest BCUT2D eigenvalue weighted by Gasteiger charge is -1.95. The van der Waals surface area contributed by atoms with Crippen molar-refractivity contribution in [1.29, 1.82) is 0 Å². The van der Waals surface area contributed by atoms with Gasteiger partial charge >= 0.3 is 0 Å². The van der Waals surface area contributed by atoms with Gasteiger partial charge in [0.1, 0.15) is 0 Å². The van der Waals surface area contributed by atoms with Gasteiger partial charge in [-0.2, -0.15) is 0 Å². The first-order valence-corrected chi connectivity index (χ1v) is 4.27. The molecule has 3 heteroatoms. The lowest BCUT2D eigenvalue weighted by Crippen LogP contribution is -2.07. The van der Waals surface area contributed by atoms with E-state index in [1.165, 1.54) is 0 Å². The first kappa shape index (κ1) is 9.81. The Labute approximate surface area is 82.0 Å². The van der Waals surface area contributed by atoms with E-state index in [-0.39, 0.29) is 12.3 Å². The van der Waals surface area contributed by atoms with Crippen LogP contribution in [0.3, 0.4) is 0 Å². The van der Waals surface area contributed by atoms with Gasteiger partial charge in [0.2, 0.25) is 5.91 Å². The topological polar surface area (TPSA) is 43.1 Å². The Balaban J connectivity index is 2.68. The summed E-state index contributed by atoms with van der Waals surface area (Å²) in [6.45, 7) is 0. The van der Waals surface area contributed by atoms with Crippen molar-refractivity contribution in [1.82, 2.24) is 0 Å². The van der Waals surface area contributed by atoms with Crippen LogP contribution in [0.2, 0.25) is 5.02 Å². The van der Waals surface area contributed by atoms with Gasteiger partial charge in [0, 0.05) is 11.4 Å². The molecule has 0 aromatic heterocycles. The number of nitrogens with two attached hydrogens (primary N) is 1. The molecule has 1 aromatic carbocycles. The zero-order valence-corrected chi connectivity index (χ0v) is 7.79. The number of hydrogen-bond donors (Lipinski definition) is 1. The smallest absolute Gasteiger partial charge is 0.221 e. The molecule has 0 bridgehead atoms. The Morgan fingerprint density at radius 1 is 1.46 bits per heavy atom. The van der Waals surface area contributed by atoms with Crippen molar-refractivity contribution in [2.45, 2.75) is 6.42 Å². The number of hydrogen-bond acceptors (Lipinski definition) is 1. The number of halogens is 1. The molecule has 0 saturated heterocycles. The molecule has 1 amide bonds. The van der Waals surface area contributed by atoms with Gasteiger partial charge in [-0.15, -0.1) is 0 Å². The van der Waals surface area contributed by atoms with Gasteiger partial charge in [-0.3, -0.25) is 4.79 Å². The second-order valence-corrected chi connectivity index (χ2v) is 3.00. The maximum Gasteiger partial charge on any atom is 0.221 e. The predicted octanol–water partition coefficient (Wildman–Crippen LogP) is 2.23. The standard InChI is InChI=1S/C10H10ClNO/c11-9-6-2-1-4-8(9)5-3-7-10(12)13/h1-6H,7H2,(H2,12,13). The highest BCUT2D eigenvalue weighted by atomic mass is 35.5. The van der Waals surface area contributed by atoms with Gasteiger partial charge in [-0.05, 0) is 11.6 Å². The predicted molar refractivity (Wildman–Crippen MR) is 54.3 cm³/mol. The van der Waals surface area contributed by atoms with Crippen LogP contribution in [-0.2, 0) is 4.79 Å². The van der Waals surface area contributed by atoms with E-state index in [2.05, 4.69) is 0 Å². The zero-order chi connectivity index (χ0) is 9.68. The molecule has 0 spiro atoms. The Morgan fingerprint density at radius 3 is 2.77 bits per heavy atom. The van der Waals surface area contributed by atoms with Crippen LogP contribution in [0.25, 0.3) is 6.08 Å². The SMILES string of the molecule is NC(=O)CC=Cc1ccccc1Cl. The number of benzene rings is 1. The minimum Gasteiger partial charge on any atom is -0.369 e. The fraction of sp³-hybridized carbons (Fsp3) is 0.100. The fourth-order valence-corrected chi connectivity index (χ4v) is 1.11. The van der Waals surface area contributed by atoms with Crippen molar-refractivity contribution in [2.75, 3.05) is 0 Å². The van der Waals surface area contributed by atoms with E-state index in [9.17, 15) is 4.79 Å². The van der Waals surface area contributed by atoms with E-state index in [1.807, 2.05) is 18.2 Å². The first-order valence-electron chi connectivity index (χ1n) is 3.89. The average Bonchev–Trinajstić information content (AvgIpc) is 2.08. The van der Waals surface area contributed by atoms with Gasteiger partial charge in [0.05, 0.1) is 0 Å². The Bertz CT molecular complexity index is 333. The first-order chi connectivity index (χ1) is 6.20. The molecule has 68 valence electrons. The van der Waals surface area contributed by atoms with E-state index in [4.69, 9.17) is 17.3 Å². The third-order valence-electron chi connectivity index (χ3n) is 1.52. The minimum atomic E-state index is -0.344. The summed E-state index contributed by atoms with van der Waals surface area (Å²) in [7, 11) is 0. The fourth-order valence-electron chi connectivity index (χ4n) is 0.912. The van der Waals surface area contributed by atoms with Crippen LogP contribution >= 0.6 is 11.6 Å². The van der Waals surface area contributed by atoms with Crippen LogP contribution in [0.4, 0.5) is 0 Å². The second-order valence-electron chi connectivity index (χ2n) is 2.59. The van der Waals surface area contributed by atoms with Crippen molar-refractivity contribution >= 4 is 23.6 Å². The lowest BCUT2D eigenvalue weighted by atomic mass is 10.2.